The van der Waals surface area contributed by atoms with Gasteiger partial charge < -0.3 is 9.84 Å². The molecule has 39 heavy (non-hydrogen) atoms. The maximum atomic E-state index is 10.7. The van der Waals surface area contributed by atoms with Crippen LogP contribution >= 0.6 is 8.58 Å². The molecule has 0 bridgehead atoms. The average Bonchev–Trinajstić information content (AvgIpc) is 2.86. The molecule has 3 aromatic rings. The Hall–Kier alpha value is -2.15. The van der Waals surface area contributed by atoms with E-state index in [0.29, 0.717) is 15.2 Å². The van der Waals surface area contributed by atoms with Crippen LogP contribution in [0.2, 0.25) is 0 Å². The third-order valence-corrected chi connectivity index (χ3v) is 9.48. The van der Waals surface area contributed by atoms with Crippen LogP contribution in [0.15, 0.2) is 60.7 Å². The van der Waals surface area contributed by atoms with Crippen molar-refractivity contribution in [2.24, 2.45) is 0 Å². The van der Waals surface area contributed by atoms with E-state index in [1.807, 2.05) is 6.92 Å². The molecule has 3 unspecified atom stereocenters. The van der Waals surface area contributed by atoms with Crippen LogP contribution in [0.1, 0.15) is 121 Å². The first-order valence-electron chi connectivity index (χ1n) is 14.6. The van der Waals surface area contributed by atoms with Gasteiger partial charge in [-0.15, -0.1) is 0 Å². The Kier molecular flexibility index (Phi) is 10.1. The van der Waals surface area contributed by atoms with Crippen molar-refractivity contribution < 1.29 is 9.84 Å². The maximum Gasteiger partial charge on any atom is 0.127 e. The first kappa shape index (κ1) is 31.4. The summed E-state index contributed by atoms with van der Waals surface area (Å²) in [6.45, 7) is 23.0. The van der Waals surface area contributed by atoms with Gasteiger partial charge in [-0.2, -0.15) is 0 Å². The number of hydrogen-bond acceptors (Lipinski definition) is 2. The summed E-state index contributed by atoms with van der Waals surface area (Å²) < 4.78 is 6.86. The van der Waals surface area contributed by atoms with Gasteiger partial charge >= 0.3 is 0 Å². The number of aliphatic hydroxyl groups excluding tert-OH is 1. The molecule has 0 heterocycles. The lowest BCUT2D eigenvalue weighted by Gasteiger charge is -2.37. The van der Waals surface area contributed by atoms with Gasteiger partial charge in [0.05, 0.1) is 6.10 Å². The molecule has 3 heteroatoms. The topological polar surface area (TPSA) is 29.5 Å². The predicted octanol–water partition coefficient (Wildman–Crippen LogP) is 9.63. The summed E-state index contributed by atoms with van der Waals surface area (Å²) in [7, 11) is 0.511. The zero-order valence-corrected chi connectivity index (χ0v) is 27.0. The van der Waals surface area contributed by atoms with E-state index in [0.717, 1.165) is 30.6 Å². The van der Waals surface area contributed by atoms with Crippen LogP contribution in [0.4, 0.5) is 0 Å². The SMILES string of the molecule is CCCCC(C)(Pc1ccc(C)cc1C(C)O)c1cc(C(C)(C)C)cc(C(C)(C)C)c1OCc1ccccc1. The van der Waals surface area contributed by atoms with Gasteiger partial charge in [0.25, 0.3) is 0 Å². The van der Waals surface area contributed by atoms with Crippen LogP contribution in [0, 0.1) is 6.92 Å². The van der Waals surface area contributed by atoms with Gasteiger partial charge in [0.1, 0.15) is 12.4 Å². The summed E-state index contributed by atoms with van der Waals surface area (Å²) in [5, 5.41) is 11.8. The Morgan fingerprint density at radius 2 is 1.49 bits per heavy atom. The van der Waals surface area contributed by atoms with Gasteiger partial charge in [-0.1, -0.05) is 143 Å². The maximum absolute atomic E-state index is 10.7. The van der Waals surface area contributed by atoms with Gasteiger partial charge in [0, 0.05) is 16.3 Å². The molecule has 212 valence electrons. The average molecular weight is 547 g/mol. The Bertz CT molecular complexity index is 1230. The van der Waals surface area contributed by atoms with E-state index >= 15 is 0 Å². The highest BCUT2D eigenvalue weighted by Crippen LogP contribution is 2.52. The Labute approximate surface area is 240 Å². The van der Waals surface area contributed by atoms with E-state index in [4.69, 9.17) is 4.74 Å². The number of rotatable bonds is 10. The van der Waals surface area contributed by atoms with E-state index < -0.39 is 6.10 Å². The molecule has 0 amide bonds. The lowest BCUT2D eigenvalue weighted by atomic mass is 9.76. The number of ether oxygens (including phenoxy) is 1. The third-order valence-electron chi connectivity index (χ3n) is 7.68. The highest BCUT2D eigenvalue weighted by molar-refractivity contribution is 7.48. The van der Waals surface area contributed by atoms with E-state index in [2.05, 4.69) is 123 Å². The lowest BCUT2D eigenvalue weighted by molar-refractivity contribution is 0.200. The monoisotopic (exact) mass is 546 g/mol. The first-order chi connectivity index (χ1) is 18.2. The van der Waals surface area contributed by atoms with Crippen molar-refractivity contribution in [3.05, 3.63) is 94.0 Å². The molecule has 3 atom stereocenters. The number of aliphatic hydroxyl groups is 1. The third kappa shape index (κ3) is 7.96. The van der Waals surface area contributed by atoms with Crippen molar-refractivity contribution in [3.8, 4) is 5.75 Å². The van der Waals surface area contributed by atoms with Crippen LogP contribution < -0.4 is 10.0 Å². The van der Waals surface area contributed by atoms with Crippen molar-refractivity contribution in [3.63, 3.8) is 0 Å². The van der Waals surface area contributed by atoms with Gasteiger partial charge in [0.2, 0.25) is 0 Å². The molecule has 0 aliphatic rings. The molecule has 1 N–H and O–H groups in total. The van der Waals surface area contributed by atoms with Crippen LogP contribution in [0.25, 0.3) is 0 Å². The second kappa shape index (κ2) is 12.6. The fourth-order valence-electron chi connectivity index (χ4n) is 5.15. The van der Waals surface area contributed by atoms with E-state index in [9.17, 15) is 5.11 Å². The van der Waals surface area contributed by atoms with Gasteiger partial charge in [-0.25, -0.2) is 0 Å². The fourth-order valence-corrected chi connectivity index (χ4v) is 6.96. The molecule has 2 nitrogen and oxygen atoms in total. The zero-order valence-electron chi connectivity index (χ0n) is 26.0. The summed E-state index contributed by atoms with van der Waals surface area (Å²) in [5.41, 5.74) is 7.27. The molecular weight excluding hydrogens is 495 g/mol. The standard InChI is InChI=1S/C36H51O2P/c1-11-12-20-36(10,39-32-19-18-25(2)21-29(32)26(3)37)31-23-28(34(4,5)6)22-30(35(7,8)9)33(31)38-24-27-16-14-13-15-17-27/h13-19,21-23,26,37,39H,11-12,20,24H2,1-10H3. The summed E-state index contributed by atoms with van der Waals surface area (Å²) in [5.74, 6) is 1.04. The highest BCUT2D eigenvalue weighted by atomic mass is 31.1. The molecule has 0 aliphatic carbocycles. The molecule has 0 saturated heterocycles. The van der Waals surface area contributed by atoms with Gasteiger partial charge in [0.15, 0.2) is 0 Å². The summed E-state index contributed by atoms with van der Waals surface area (Å²) in [6.07, 6.45) is 2.85. The van der Waals surface area contributed by atoms with Crippen molar-refractivity contribution in [2.45, 2.75) is 117 Å². The van der Waals surface area contributed by atoms with Crippen LogP contribution in [-0.2, 0) is 22.6 Å². The second-order valence-corrected chi connectivity index (χ2v) is 15.4. The van der Waals surface area contributed by atoms with Crippen LogP contribution in [0.5, 0.6) is 5.75 Å². The minimum Gasteiger partial charge on any atom is -0.488 e. The van der Waals surface area contributed by atoms with Crippen LogP contribution in [-0.4, -0.2) is 5.11 Å². The largest absolute Gasteiger partial charge is 0.488 e. The Balaban J connectivity index is 2.29. The molecule has 0 fully saturated rings. The molecule has 3 rings (SSSR count). The van der Waals surface area contributed by atoms with E-state index in [1.54, 1.807) is 0 Å². The lowest BCUT2D eigenvalue weighted by Crippen LogP contribution is -2.26. The van der Waals surface area contributed by atoms with E-state index in [1.165, 1.54) is 33.1 Å². The predicted molar refractivity (Wildman–Crippen MR) is 171 cm³/mol. The molecular formula is C36H51O2P. The van der Waals surface area contributed by atoms with Crippen molar-refractivity contribution in [1.29, 1.82) is 0 Å². The van der Waals surface area contributed by atoms with Crippen LogP contribution in [0.3, 0.4) is 0 Å². The molecule has 0 spiro atoms. The van der Waals surface area contributed by atoms with Gasteiger partial charge in [-0.05, 0) is 53.1 Å². The molecule has 3 aromatic carbocycles. The fraction of sp³-hybridized carbons (Fsp3) is 0.500. The van der Waals surface area contributed by atoms with Crippen molar-refractivity contribution >= 4 is 13.9 Å². The molecule has 0 aliphatic heterocycles. The quantitative estimate of drug-likeness (QED) is 0.257. The minimum atomic E-state index is -0.498. The number of unbranched alkanes of at least 4 members (excludes halogenated alkanes) is 1. The zero-order chi connectivity index (χ0) is 29.0. The number of benzene rings is 3. The van der Waals surface area contributed by atoms with Gasteiger partial charge in [-0.3, -0.25) is 0 Å². The second-order valence-electron chi connectivity index (χ2n) is 13.5. The summed E-state index contributed by atoms with van der Waals surface area (Å²) >= 11 is 0. The Morgan fingerprint density at radius 3 is 2.05 bits per heavy atom. The minimum absolute atomic E-state index is 0.0100. The van der Waals surface area contributed by atoms with Crippen molar-refractivity contribution in [1.82, 2.24) is 0 Å². The number of aryl methyl sites for hydroxylation is 1. The Morgan fingerprint density at radius 1 is 0.846 bits per heavy atom. The van der Waals surface area contributed by atoms with E-state index in [-0.39, 0.29) is 16.0 Å². The first-order valence-corrected chi connectivity index (χ1v) is 15.6. The van der Waals surface area contributed by atoms with Crippen molar-refractivity contribution in [2.75, 3.05) is 0 Å². The summed E-state index contributed by atoms with van der Waals surface area (Å²) in [6, 6.07) is 21.9. The molecule has 0 saturated carbocycles. The smallest absolute Gasteiger partial charge is 0.127 e. The normalized spacial score (nSPS) is 14.9. The molecule has 0 aromatic heterocycles. The molecule has 0 radical (unpaired) electrons. The number of hydrogen-bond donors (Lipinski definition) is 1. The summed E-state index contributed by atoms with van der Waals surface area (Å²) in [4.78, 5) is 0. The highest BCUT2D eigenvalue weighted by Gasteiger charge is 2.36.